The zero-order chi connectivity index (χ0) is 7.40. The first kappa shape index (κ1) is 6.80. The number of hydrogen-bond acceptors (Lipinski definition) is 2. The van der Waals surface area contributed by atoms with Crippen LogP contribution in [0.25, 0.3) is 0 Å². The standard InChI is InChI=1S/C6H8BN3/c7-5-3-1-2-4-6(5)9-10-8/h1-4H,7H2,(H2,8,9). The fourth-order valence-corrected chi connectivity index (χ4v) is 0.738. The van der Waals surface area contributed by atoms with E-state index >= 15 is 0 Å². The molecule has 4 heteroatoms. The van der Waals surface area contributed by atoms with Gasteiger partial charge < -0.3 is 5.84 Å². The largest absolute Gasteiger partial charge is 0.305 e. The van der Waals surface area contributed by atoms with Gasteiger partial charge in [0, 0.05) is 0 Å². The first-order valence-corrected chi connectivity index (χ1v) is 3.01. The van der Waals surface area contributed by atoms with Crippen LogP contribution in [0.4, 0.5) is 5.69 Å². The van der Waals surface area contributed by atoms with Gasteiger partial charge in [-0.3, -0.25) is 0 Å². The molecule has 1 aromatic carbocycles. The van der Waals surface area contributed by atoms with Gasteiger partial charge in [0.25, 0.3) is 0 Å². The summed E-state index contributed by atoms with van der Waals surface area (Å²) in [5.74, 6) is 4.89. The van der Waals surface area contributed by atoms with Crippen molar-refractivity contribution in [3.05, 3.63) is 24.3 Å². The molecule has 0 amide bonds. The molecule has 0 aromatic heterocycles. The summed E-state index contributed by atoms with van der Waals surface area (Å²) in [6, 6.07) is 7.68. The molecule has 0 fully saturated rings. The van der Waals surface area contributed by atoms with Crippen LogP contribution >= 0.6 is 0 Å². The van der Waals surface area contributed by atoms with Gasteiger partial charge in [0.2, 0.25) is 0 Å². The van der Waals surface area contributed by atoms with Crippen molar-refractivity contribution in [2.24, 2.45) is 16.2 Å². The molecular weight excluding hydrogens is 125 g/mol. The SMILES string of the molecule is Bc1ccccc1N=NN. The average molecular weight is 133 g/mol. The molecule has 50 valence electrons. The van der Waals surface area contributed by atoms with E-state index in [0.29, 0.717) is 0 Å². The number of nitrogens with two attached hydrogens (primary N) is 1. The summed E-state index contributed by atoms with van der Waals surface area (Å²) in [5, 5.41) is 6.90. The Hall–Kier alpha value is -1.32. The molecule has 0 aliphatic heterocycles. The monoisotopic (exact) mass is 133 g/mol. The number of benzene rings is 1. The minimum absolute atomic E-state index is 0.824. The first-order valence-electron chi connectivity index (χ1n) is 3.01. The molecule has 0 bridgehead atoms. The van der Waals surface area contributed by atoms with Gasteiger partial charge in [0.1, 0.15) is 7.85 Å². The second-order valence-corrected chi connectivity index (χ2v) is 2.00. The van der Waals surface area contributed by atoms with Crippen LogP contribution in [0.2, 0.25) is 0 Å². The van der Waals surface area contributed by atoms with E-state index in [2.05, 4.69) is 10.3 Å². The quantitative estimate of drug-likeness (QED) is 0.247. The van der Waals surface area contributed by atoms with E-state index in [1.165, 1.54) is 0 Å². The lowest BCUT2D eigenvalue weighted by Gasteiger charge is -1.94. The van der Waals surface area contributed by atoms with Crippen LogP contribution in [0, 0.1) is 0 Å². The molecule has 10 heavy (non-hydrogen) atoms. The van der Waals surface area contributed by atoms with Crippen molar-refractivity contribution in [1.29, 1.82) is 0 Å². The van der Waals surface area contributed by atoms with Gasteiger partial charge in [0.05, 0.1) is 5.69 Å². The first-order chi connectivity index (χ1) is 4.84. The van der Waals surface area contributed by atoms with Crippen molar-refractivity contribution in [2.45, 2.75) is 0 Å². The van der Waals surface area contributed by atoms with Crippen molar-refractivity contribution in [1.82, 2.24) is 0 Å². The number of nitrogens with zero attached hydrogens (tertiary/aromatic N) is 2. The van der Waals surface area contributed by atoms with E-state index in [0.717, 1.165) is 11.2 Å². The Morgan fingerprint density at radius 1 is 1.30 bits per heavy atom. The predicted octanol–water partition coefficient (Wildman–Crippen LogP) is -0.0976. The second kappa shape index (κ2) is 3.01. The lowest BCUT2D eigenvalue weighted by molar-refractivity contribution is 1.06. The Bertz CT molecular complexity index is 247. The van der Waals surface area contributed by atoms with Crippen LogP contribution in [0.3, 0.4) is 0 Å². The summed E-state index contributed by atoms with van der Waals surface area (Å²) in [4.78, 5) is 0. The van der Waals surface area contributed by atoms with Gasteiger partial charge in [-0.25, -0.2) is 0 Å². The molecular formula is C6H8BN3. The molecule has 0 spiro atoms. The summed E-state index contributed by atoms with van der Waals surface area (Å²) in [6.45, 7) is 0. The van der Waals surface area contributed by atoms with Gasteiger partial charge >= 0.3 is 0 Å². The molecule has 1 rings (SSSR count). The summed E-state index contributed by atoms with van der Waals surface area (Å²) in [6.07, 6.45) is 0. The molecule has 3 nitrogen and oxygen atoms in total. The summed E-state index contributed by atoms with van der Waals surface area (Å²) >= 11 is 0. The van der Waals surface area contributed by atoms with E-state index in [1.807, 2.05) is 32.1 Å². The molecule has 0 aliphatic rings. The van der Waals surface area contributed by atoms with E-state index in [1.54, 1.807) is 0 Å². The van der Waals surface area contributed by atoms with Gasteiger partial charge in [-0.15, -0.1) is 5.11 Å². The molecule has 1 aromatic rings. The van der Waals surface area contributed by atoms with Crippen LogP contribution in [0.15, 0.2) is 34.6 Å². The van der Waals surface area contributed by atoms with Crippen molar-refractivity contribution < 1.29 is 0 Å². The summed E-state index contributed by atoms with van der Waals surface area (Å²) in [5.41, 5.74) is 1.90. The third-order valence-corrected chi connectivity index (χ3v) is 1.28. The Kier molecular flexibility index (Phi) is 2.05. The highest BCUT2D eigenvalue weighted by Crippen LogP contribution is 2.04. The molecule has 0 saturated carbocycles. The fourth-order valence-electron chi connectivity index (χ4n) is 0.738. The van der Waals surface area contributed by atoms with Crippen molar-refractivity contribution in [3.63, 3.8) is 0 Å². The minimum atomic E-state index is 0.824. The van der Waals surface area contributed by atoms with E-state index in [-0.39, 0.29) is 0 Å². The Balaban J connectivity index is 3.03. The van der Waals surface area contributed by atoms with E-state index in [9.17, 15) is 0 Å². The second-order valence-electron chi connectivity index (χ2n) is 2.00. The molecule has 0 heterocycles. The Morgan fingerprint density at radius 3 is 2.60 bits per heavy atom. The normalized spacial score (nSPS) is 10.4. The third kappa shape index (κ3) is 1.34. The molecule has 0 radical (unpaired) electrons. The fraction of sp³-hybridized carbons (Fsp3) is 0. The van der Waals surface area contributed by atoms with Crippen LogP contribution in [-0.4, -0.2) is 7.85 Å². The van der Waals surface area contributed by atoms with Crippen LogP contribution in [0.1, 0.15) is 0 Å². The maximum absolute atomic E-state index is 4.89. The Labute approximate surface area is 60.3 Å². The van der Waals surface area contributed by atoms with Gasteiger partial charge in [-0.2, -0.15) is 0 Å². The molecule has 0 atom stereocenters. The summed E-state index contributed by atoms with van der Waals surface area (Å²) < 4.78 is 0. The number of hydrogen-bond donors (Lipinski definition) is 1. The van der Waals surface area contributed by atoms with Crippen molar-refractivity contribution in [3.8, 4) is 0 Å². The van der Waals surface area contributed by atoms with Crippen LogP contribution in [0.5, 0.6) is 0 Å². The van der Waals surface area contributed by atoms with Gasteiger partial charge in [0.15, 0.2) is 0 Å². The maximum Gasteiger partial charge on any atom is 0.142 e. The maximum atomic E-state index is 4.89. The zero-order valence-electron chi connectivity index (χ0n) is 5.78. The van der Waals surface area contributed by atoms with Crippen molar-refractivity contribution >= 4 is 19.0 Å². The molecule has 2 N–H and O–H groups in total. The lowest BCUT2D eigenvalue weighted by atomic mass is 9.95. The van der Waals surface area contributed by atoms with E-state index in [4.69, 9.17) is 5.84 Å². The lowest BCUT2D eigenvalue weighted by Crippen LogP contribution is -2.00. The third-order valence-electron chi connectivity index (χ3n) is 1.28. The van der Waals surface area contributed by atoms with Crippen LogP contribution < -0.4 is 11.3 Å². The molecule has 0 saturated heterocycles. The van der Waals surface area contributed by atoms with E-state index < -0.39 is 0 Å². The zero-order valence-corrected chi connectivity index (χ0v) is 5.78. The predicted molar refractivity (Wildman–Crippen MR) is 43.3 cm³/mol. The minimum Gasteiger partial charge on any atom is -0.305 e. The highest BCUT2D eigenvalue weighted by molar-refractivity contribution is 6.35. The van der Waals surface area contributed by atoms with Crippen LogP contribution in [-0.2, 0) is 0 Å². The average Bonchev–Trinajstić information content (AvgIpc) is 1.94. The molecule has 0 aliphatic carbocycles. The van der Waals surface area contributed by atoms with Crippen molar-refractivity contribution in [2.75, 3.05) is 0 Å². The molecule has 0 unspecified atom stereocenters. The Morgan fingerprint density at radius 2 is 2.00 bits per heavy atom. The highest BCUT2D eigenvalue weighted by atomic mass is 15.3. The topological polar surface area (TPSA) is 50.7 Å². The summed E-state index contributed by atoms with van der Waals surface area (Å²) in [7, 11) is 1.96. The number of rotatable bonds is 1. The highest BCUT2D eigenvalue weighted by Gasteiger charge is 1.90. The smallest absolute Gasteiger partial charge is 0.142 e. The van der Waals surface area contributed by atoms with Gasteiger partial charge in [-0.05, 0) is 6.07 Å². The van der Waals surface area contributed by atoms with Gasteiger partial charge in [-0.1, -0.05) is 28.9 Å².